The van der Waals surface area contributed by atoms with Gasteiger partial charge in [-0.3, -0.25) is 4.79 Å². The Labute approximate surface area is 216 Å². The Morgan fingerprint density at radius 2 is 1.76 bits per heavy atom. The molecule has 4 aromatic rings. The predicted molar refractivity (Wildman–Crippen MR) is 148 cm³/mol. The molecule has 0 spiro atoms. The molecule has 0 radical (unpaired) electrons. The molecule has 3 aromatic carbocycles. The molecular formula is C31H32N2O4. The van der Waals surface area contributed by atoms with E-state index in [1.165, 1.54) is 5.56 Å². The normalized spacial score (nSPS) is 15.3. The summed E-state index contributed by atoms with van der Waals surface area (Å²) in [6, 6.07) is 21.0. The lowest BCUT2D eigenvalue weighted by Crippen LogP contribution is -2.58. The van der Waals surface area contributed by atoms with Gasteiger partial charge in [0.1, 0.15) is 5.58 Å². The fourth-order valence-electron chi connectivity index (χ4n) is 5.46. The van der Waals surface area contributed by atoms with Gasteiger partial charge in [-0.25, -0.2) is 4.79 Å². The number of para-hydroxylation sites is 1. The van der Waals surface area contributed by atoms with E-state index in [-0.39, 0.29) is 22.4 Å². The molecule has 0 aliphatic carbocycles. The summed E-state index contributed by atoms with van der Waals surface area (Å²) < 4.78 is 6.56. The average Bonchev–Trinajstić information content (AvgIpc) is 2.88. The standard InChI is InChI=1S/C31H32N2O4/c1-5-25(32-26-14-10-9-13-22(26)30(35)36)23-15-19(2)16-24-27(34)20(3)29(37-28(23)24)33-17-31(4,18-33)21-11-7-6-8-12-21/h6-16,25,32H,5,17-18H2,1-4H3,(H,35,36). The van der Waals surface area contributed by atoms with Gasteiger partial charge in [0.2, 0.25) is 5.88 Å². The summed E-state index contributed by atoms with van der Waals surface area (Å²) in [6.45, 7) is 9.58. The monoisotopic (exact) mass is 496 g/mol. The summed E-state index contributed by atoms with van der Waals surface area (Å²) in [7, 11) is 0. The largest absolute Gasteiger partial charge is 0.478 e. The van der Waals surface area contributed by atoms with Crippen molar-refractivity contribution in [3.8, 4) is 0 Å². The lowest BCUT2D eigenvalue weighted by Gasteiger charge is -2.49. The van der Waals surface area contributed by atoms with Gasteiger partial charge in [-0.1, -0.05) is 62.4 Å². The molecule has 2 heterocycles. The summed E-state index contributed by atoms with van der Waals surface area (Å²) in [5, 5.41) is 13.6. The minimum Gasteiger partial charge on any atom is -0.478 e. The van der Waals surface area contributed by atoms with Gasteiger partial charge in [0.15, 0.2) is 5.43 Å². The predicted octanol–water partition coefficient (Wildman–Crippen LogP) is 6.45. The highest BCUT2D eigenvalue weighted by Crippen LogP contribution is 2.40. The van der Waals surface area contributed by atoms with Crippen molar-refractivity contribution in [1.82, 2.24) is 0 Å². The van der Waals surface area contributed by atoms with Crippen LogP contribution >= 0.6 is 0 Å². The Morgan fingerprint density at radius 1 is 1.08 bits per heavy atom. The highest BCUT2D eigenvalue weighted by atomic mass is 16.4. The zero-order chi connectivity index (χ0) is 26.3. The number of fused-ring (bicyclic) bond motifs is 1. The van der Waals surface area contributed by atoms with Crippen LogP contribution in [0.1, 0.15) is 58.9 Å². The molecule has 0 amide bonds. The Hall–Kier alpha value is -4.06. The molecule has 0 saturated carbocycles. The molecule has 2 N–H and O–H groups in total. The molecular weight excluding hydrogens is 464 g/mol. The number of rotatable bonds is 7. The molecule has 1 unspecified atom stereocenters. The van der Waals surface area contributed by atoms with Crippen molar-refractivity contribution in [2.24, 2.45) is 0 Å². The van der Waals surface area contributed by atoms with E-state index in [0.29, 0.717) is 34.5 Å². The topological polar surface area (TPSA) is 82.8 Å². The zero-order valence-corrected chi connectivity index (χ0v) is 21.7. The van der Waals surface area contributed by atoms with Gasteiger partial charge in [0.05, 0.1) is 22.6 Å². The number of carboxylic acid groups (broad SMARTS) is 1. The van der Waals surface area contributed by atoms with E-state index >= 15 is 0 Å². The number of nitrogens with one attached hydrogen (secondary N) is 1. The molecule has 1 fully saturated rings. The smallest absolute Gasteiger partial charge is 0.337 e. The van der Waals surface area contributed by atoms with Gasteiger partial charge >= 0.3 is 5.97 Å². The first-order valence-corrected chi connectivity index (χ1v) is 12.7. The molecule has 37 heavy (non-hydrogen) atoms. The van der Waals surface area contributed by atoms with Crippen LogP contribution in [0, 0.1) is 13.8 Å². The Kier molecular flexibility index (Phi) is 6.28. The number of hydrogen-bond donors (Lipinski definition) is 2. The van der Waals surface area contributed by atoms with E-state index in [0.717, 1.165) is 24.2 Å². The second-order valence-corrected chi connectivity index (χ2v) is 10.3. The molecule has 1 saturated heterocycles. The van der Waals surface area contributed by atoms with Gasteiger partial charge in [-0.2, -0.15) is 0 Å². The number of anilines is 2. The van der Waals surface area contributed by atoms with Crippen LogP contribution in [0.15, 0.2) is 75.9 Å². The molecule has 1 aliphatic heterocycles. The van der Waals surface area contributed by atoms with E-state index in [1.807, 2.05) is 45.0 Å². The first-order valence-electron chi connectivity index (χ1n) is 12.7. The first-order chi connectivity index (χ1) is 17.7. The van der Waals surface area contributed by atoms with Crippen LogP contribution in [0.5, 0.6) is 0 Å². The van der Waals surface area contributed by atoms with E-state index < -0.39 is 5.97 Å². The van der Waals surface area contributed by atoms with Crippen molar-refractivity contribution in [3.63, 3.8) is 0 Å². The quantitative estimate of drug-likeness (QED) is 0.306. The molecule has 1 aromatic heterocycles. The maximum absolute atomic E-state index is 13.6. The molecule has 0 bridgehead atoms. The summed E-state index contributed by atoms with van der Waals surface area (Å²) in [5.74, 6) is -0.382. The number of hydrogen-bond acceptors (Lipinski definition) is 5. The van der Waals surface area contributed by atoms with Crippen LogP contribution in [-0.2, 0) is 5.41 Å². The molecule has 6 nitrogen and oxygen atoms in total. The summed E-state index contributed by atoms with van der Waals surface area (Å²) >= 11 is 0. The van der Waals surface area contributed by atoms with Gasteiger partial charge in [-0.05, 0) is 49.6 Å². The van der Waals surface area contributed by atoms with E-state index in [2.05, 4.69) is 41.4 Å². The SMILES string of the molecule is CCC(Nc1ccccc1C(=O)O)c1cc(C)cc2c(=O)c(C)c(N3CC(C)(c4ccccc4)C3)oc12. The van der Waals surface area contributed by atoms with Crippen LogP contribution in [0.2, 0.25) is 0 Å². The highest BCUT2D eigenvalue weighted by Gasteiger charge is 2.42. The van der Waals surface area contributed by atoms with Crippen LogP contribution in [0.3, 0.4) is 0 Å². The van der Waals surface area contributed by atoms with E-state index in [4.69, 9.17) is 4.42 Å². The van der Waals surface area contributed by atoms with Crippen LogP contribution in [0.4, 0.5) is 11.6 Å². The second kappa shape index (κ2) is 9.43. The second-order valence-electron chi connectivity index (χ2n) is 10.3. The first kappa shape index (κ1) is 24.6. The van der Waals surface area contributed by atoms with Crippen LogP contribution in [0.25, 0.3) is 11.0 Å². The highest BCUT2D eigenvalue weighted by molar-refractivity contribution is 5.94. The molecule has 5 rings (SSSR count). The van der Waals surface area contributed by atoms with Gasteiger partial charge < -0.3 is 19.7 Å². The number of aromatic carboxylic acids is 1. The van der Waals surface area contributed by atoms with Crippen molar-refractivity contribution >= 4 is 28.5 Å². The maximum Gasteiger partial charge on any atom is 0.337 e. The Balaban J connectivity index is 1.57. The third-order valence-corrected chi connectivity index (χ3v) is 7.48. The summed E-state index contributed by atoms with van der Waals surface area (Å²) in [6.07, 6.45) is 0.676. The zero-order valence-electron chi connectivity index (χ0n) is 21.7. The fraction of sp³-hybridized carbons (Fsp3) is 0.290. The molecule has 1 aliphatic rings. The number of carboxylic acids is 1. The van der Waals surface area contributed by atoms with E-state index in [9.17, 15) is 14.7 Å². The third-order valence-electron chi connectivity index (χ3n) is 7.48. The van der Waals surface area contributed by atoms with Gasteiger partial charge in [0.25, 0.3) is 0 Å². The van der Waals surface area contributed by atoms with E-state index in [1.54, 1.807) is 18.2 Å². The minimum absolute atomic E-state index is 0.00855. The minimum atomic E-state index is -0.990. The third kappa shape index (κ3) is 4.37. The van der Waals surface area contributed by atoms with Crippen molar-refractivity contribution in [1.29, 1.82) is 0 Å². The molecule has 1 atom stereocenters. The van der Waals surface area contributed by atoms with Gasteiger partial charge in [0, 0.05) is 29.8 Å². The summed E-state index contributed by atoms with van der Waals surface area (Å²) in [4.78, 5) is 27.5. The number of carbonyl (C=O) groups is 1. The molecule has 190 valence electrons. The number of benzene rings is 3. The van der Waals surface area contributed by atoms with Crippen molar-refractivity contribution in [3.05, 3.63) is 105 Å². The van der Waals surface area contributed by atoms with Crippen molar-refractivity contribution < 1.29 is 14.3 Å². The summed E-state index contributed by atoms with van der Waals surface area (Å²) in [5.41, 5.74) is 4.94. The Bertz CT molecular complexity index is 1530. The van der Waals surface area contributed by atoms with Crippen LogP contribution < -0.4 is 15.6 Å². The molecule has 6 heteroatoms. The number of aryl methyl sites for hydroxylation is 1. The average molecular weight is 497 g/mol. The lowest BCUT2D eigenvalue weighted by atomic mass is 9.75. The van der Waals surface area contributed by atoms with Crippen molar-refractivity contribution in [2.45, 2.75) is 45.6 Å². The lowest BCUT2D eigenvalue weighted by molar-refractivity contribution is 0.0698. The fourth-order valence-corrected chi connectivity index (χ4v) is 5.46. The van der Waals surface area contributed by atoms with Gasteiger partial charge in [-0.15, -0.1) is 0 Å². The van der Waals surface area contributed by atoms with Crippen molar-refractivity contribution in [2.75, 3.05) is 23.3 Å². The van der Waals surface area contributed by atoms with Crippen LogP contribution in [-0.4, -0.2) is 24.2 Å². The maximum atomic E-state index is 13.6. The Morgan fingerprint density at radius 3 is 2.43 bits per heavy atom. The number of nitrogens with zero attached hydrogens (tertiary/aromatic N) is 1.